The molecule has 0 bridgehead atoms. The molecule has 0 atom stereocenters. The smallest absolute Gasteiger partial charge is 0.234 e. The summed E-state index contributed by atoms with van der Waals surface area (Å²) in [6, 6.07) is 10.2. The topological polar surface area (TPSA) is 54.0 Å². The first-order valence-electron chi connectivity index (χ1n) is 9.62. The van der Waals surface area contributed by atoms with Crippen LogP contribution in [0.3, 0.4) is 0 Å². The van der Waals surface area contributed by atoms with Crippen LogP contribution >= 0.6 is 11.3 Å². The van der Waals surface area contributed by atoms with Gasteiger partial charge in [-0.3, -0.25) is 14.6 Å². The van der Waals surface area contributed by atoms with Crippen molar-refractivity contribution < 1.29 is 14.3 Å². The Morgan fingerprint density at radius 3 is 2.50 bits per heavy atom. The first-order chi connectivity index (χ1) is 13.7. The summed E-state index contributed by atoms with van der Waals surface area (Å²) in [6.45, 7) is 5.79. The van der Waals surface area contributed by atoms with Crippen LogP contribution in [-0.4, -0.2) is 69.2 Å². The fourth-order valence-electron chi connectivity index (χ4n) is 3.38. The molecule has 0 saturated carbocycles. The molecule has 2 heterocycles. The average molecular weight is 404 g/mol. The fraction of sp³-hybridized carbons (Fsp3) is 0.476. The molecule has 1 N–H and O–H groups in total. The summed E-state index contributed by atoms with van der Waals surface area (Å²) in [5, 5.41) is 5.10. The molecule has 1 amide bonds. The van der Waals surface area contributed by atoms with Gasteiger partial charge in [0.15, 0.2) is 11.5 Å². The number of piperazine rings is 1. The predicted octanol–water partition coefficient (Wildman–Crippen LogP) is 2.24. The van der Waals surface area contributed by atoms with Gasteiger partial charge in [0.05, 0.1) is 20.8 Å². The van der Waals surface area contributed by atoms with Crippen LogP contribution in [0.4, 0.5) is 0 Å². The quantitative estimate of drug-likeness (QED) is 0.696. The van der Waals surface area contributed by atoms with Crippen molar-refractivity contribution in [2.24, 2.45) is 0 Å². The third kappa shape index (κ3) is 5.95. The van der Waals surface area contributed by atoms with E-state index < -0.39 is 0 Å². The number of carbonyl (C=O) groups excluding carboxylic acids is 1. The second-order valence-corrected chi connectivity index (χ2v) is 7.95. The molecule has 28 heavy (non-hydrogen) atoms. The van der Waals surface area contributed by atoms with E-state index in [1.807, 2.05) is 18.2 Å². The summed E-state index contributed by atoms with van der Waals surface area (Å²) in [7, 11) is 3.31. The Labute approximate surface area is 171 Å². The fourth-order valence-corrected chi connectivity index (χ4v) is 4.09. The Kier molecular flexibility index (Phi) is 7.71. The lowest BCUT2D eigenvalue weighted by Gasteiger charge is -2.34. The highest BCUT2D eigenvalue weighted by Crippen LogP contribution is 2.28. The maximum absolute atomic E-state index is 12.2. The summed E-state index contributed by atoms with van der Waals surface area (Å²) in [5.74, 6) is 1.63. The Morgan fingerprint density at radius 2 is 1.82 bits per heavy atom. The molecular formula is C21H29N3O3S. The van der Waals surface area contributed by atoms with Crippen LogP contribution in [-0.2, 0) is 17.8 Å². The second kappa shape index (κ2) is 10.5. The number of hydrogen-bond donors (Lipinski definition) is 1. The van der Waals surface area contributed by atoms with Gasteiger partial charge in [-0.2, -0.15) is 0 Å². The summed E-state index contributed by atoms with van der Waals surface area (Å²) in [4.78, 5) is 18.1. The third-order valence-corrected chi connectivity index (χ3v) is 5.90. The number of nitrogens with zero attached hydrogens (tertiary/aromatic N) is 2. The van der Waals surface area contributed by atoms with Crippen LogP contribution in [0, 0.1) is 0 Å². The van der Waals surface area contributed by atoms with Gasteiger partial charge in [-0.15, -0.1) is 11.3 Å². The lowest BCUT2D eigenvalue weighted by atomic mass is 10.1. The SMILES string of the molecule is COc1ccc(CN2CCN(CC(=O)NCCc3cccs3)CC2)cc1OC. The molecule has 3 rings (SSSR count). The number of hydrogen-bond acceptors (Lipinski definition) is 6. The Bertz CT molecular complexity index is 743. The zero-order chi connectivity index (χ0) is 19.8. The number of ether oxygens (including phenoxy) is 2. The van der Waals surface area contributed by atoms with Gasteiger partial charge in [-0.25, -0.2) is 0 Å². The van der Waals surface area contributed by atoms with E-state index in [4.69, 9.17) is 9.47 Å². The van der Waals surface area contributed by atoms with E-state index >= 15 is 0 Å². The summed E-state index contributed by atoms with van der Waals surface area (Å²) in [5.41, 5.74) is 1.21. The van der Waals surface area contributed by atoms with Crippen molar-refractivity contribution >= 4 is 17.2 Å². The molecule has 0 radical (unpaired) electrons. The molecule has 1 saturated heterocycles. The number of amides is 1. The molecule has 2 aromatic rings. The molecule has 1 fully saturated rings. The number of nitrogens with one attached hydrogen (secondary N) is 1. The van der Waals surface area contributed by atoms with E-state index in [1.165, 1.54) is 10.4 Å². The molecule has 7 heteroatoms. The summed E-state index contributed by atoms with van der Waals surface area (Å²) in [6.07, 6.45) is 0.905. The molecular weight excluding hydrogens is 374 g/mol. The lowest BCUT2D eigenvalue weighted by molar-refractivity contribution is -0.122. The minimum Gasteiger partial charge on any atom is -0.493 e. The van der Waals surface area contributed by atoms with E-state index in [9.17, 15) is 4.79 Å². The summed E-state index contributed by atoms with van der Waals surface area (Å²) >= 11 is 1.73. The Hall–Kier alpha value is -2.09. The molecule has 1 aromatic carbocycles. The average Bonchev–Trinajstić information content (AvgIpc) is 3.23. The minimum atomic E-state index is 0.116. The van der Waals surface area contributed by atoms with Crippen LogP contribution < -0.4 is 14.8 Å². The molecule has 6 nitrogen and oxygen atoms in total. The monoisotopic (exact) mass is 403 g/mol. The number of thiophene rings is 1. The van der Waals surface area contributed by atoms with Crippen LogP contribution in [0.5, 0.6) is 11.5 Å². The molecule has 152 valence electrons. The van der Waals surface area contributed by atoms with Crippen molar-refractivity contribution in [2.75, 3.05) is 53.5 Å². The van der Waals surface area contributed by atoms with Gasteiger partial charge >= 0.3 is 0 Å². The molecule has 1 aromatic heterocycles. The molecule has 0 unspecified atom stereocenters. The van der Waals surface area contributed by atoms with Crippen LogP contribution in [0.15, 0.2) is 35.7 Å². The van der Waals surface area contributed by atoms with Gasteiger partial charge in [0.25, 0.3) is 0 Å². The Morgan fingerprint density at radius 1 is 1.07 bits per heavy atom. The normalized spacial score (nSPS) is 15.4. The highest BCUT2D eigenvalue weighted by molar-refractivity contribution is 7.09. The standard InChI is InChI=1S/C21H29N3O3S/c1-26-19-6-5-17(14-20(19)27-2)15-23-9-11-24(12-10-23)16-21(25)22-8-7-18-4-3-13-28-18/h3-6,13-14H,7-12,15-16H2,1-2H3,(H,22,25). The van der Waals surface area contributed by atoms with E-state index in [1.54, 1.807) is 25.6 Å². The van der Waals surface area contributed by atoms with Crippen LogP contribution in [0.1, 0.15) is 10.4 Å². The van der Waals surface area contributed by atoms with Gasteiger partial charge in [0.1, 0.15) is 0 Å². The first kappa shape index (κ1) is 20.6. The van der Waals surface area contributed by atoms with E-state index in [0.717, 1.165) is 50.6 Å². The number of benzene rings is 1. The maximum Gasteiger partial charge on any atom is 0.234 e. The Balaban J connectivity index is 1.37. The zero-order valence-electron chi connectivity index (χ0n) is 16.6. The molecule has 1 aliphatic rings. The van der Waals surface area contributed by atoms with Gasteiger partial charge in [-0.1, -0.05) is 12.1 Å². The van der Waals surface area contributed by atoms with Crippen molar-refractivity contribution in [3.05, 3.63) is 46.2 Å². The second-order valence-electron chi connectivity index (χ2n) is 6.92. The van der Waals surface area contributed by atoms with Gasteiger partial charge < -0.3 is 14.8 Å². The lowest BCUT2D eigenvalue weighted by Crippen LogP contribution is -2.49. The van der Waals surface area contributed by atoms with Crippen molar-refractivity contribution in [1.82, 2.24) is 15.1 Å². The van der Waals surface area contributed by atoms with E-state index in [-0.39, 0.29) is 5.91 Å². The molecule has 0 spiro atoms. The van der Waals surface area contributed by atoms with Crippen molar-refractivity contribution in [3.63, 3.8) is 0 Å². The highest BCUT2D eigenvalue weighted by atomic mass is 32.1. The third-order valence-electron chi connectivity index (χ3n) is 4.96. The van der Waals surface area contributed by atoms with Crippen molar-refractivity contribution in [2.45, 2.75) is 13.0 Å². The minimum absolute atomic E-state index is 0.116. The van der Waals surface area contributed by atoms with E-state index in [2.05, 4.69) is 32.6 Å². The van der Waals surface area contributed by atoms with Gasteiger partial charge in [0, 0.05) is 44.1 Å². The van der Waals surface area contributed by atoms with Crippen molar-refractivity contribution in [1.29, 1.82) is 0 Å². The number of methoxy groups -OCH3 is 2. The molecule has 1 aliphatic heterocycles. The largest absolute Gasteiger partial charge is 0.493 e. The van der Waals surface area contributed by atoms with Crippen molar-refractivity contribution in [3.8, 4) is 11.5 Å². The van der Waals surface area contributed by atoms with E-state index in [0.29, 0.717) is 13.1 Å². The van der Waals surface area contributed by atoms with Crippen LogP contribution in [0.25, 0.3) is 0 Å². The highest BCUT2D eigenvalue weighted by Gasteiger charge is 2.19. The molecule has 0 aliphatic carbocycles. The first-order valence-corrected chi connectivity index (χ1v) is 10.5. The van der Waals surface area contributed by atoms with Gasteiger partial charge in [-0.05, 0) is 35.6 Å². The number of carbonyl (C=O) groups is 1. The zero-order valence-corrected chi connectivity index (χ0v) is 17.5. The predicted molar refractivity (Wildman–Crippen MR) is 112 cm³/mol. The van der Waals surface area contributed by atoms with Gasteiger partial charge in [0.2, 0.25) is 5.91 Å². The summed E-state index contributed by atoms with van der Waals surface area (Å²) < 4.78 is 10.7. The maximum atomic E-state index is 12.2. The van der Waals surface area contributed by atoms with Crippen LogP contribution in [0.2, 0.25) is 0 Å². The number of rotatable bonds is 9.